The largest absolute Gasteiger partial charge is 0.341 e. The zero-order valence-electron chi connectivity index (χ0n) is 16.9. The van der Waals surface area contributed by atoms with Gasteiger partial charge >= 0.3 is 6.03 Å². The third-order valence-corrected chi connectivity index (χ3v) is 5.63. The molecule has 2 N–H and O–H groups in total. The number of nitrogens with one attached hydrogen (secondary N) is 2. The van der Waals surface area contributed by atoms with E-state index in [9.17, 15) is 9.59 Å². The van der Waals surface area contributed by atoms with Gasteiger partial charge < -0.3 is 10.6 Å². The highest BCUT2D eigenvalue weighted by atomic mass is 79.9. The Hall–Kier alpha value is -3.45. The number of nitrogens with zero attached hydrogens (tertiary/aromatic N) is 2. The number of hydrazone groups is 1. The summed E-state index contributed by atoms with van der Waals surface area (Å²) in [6.07, 6.45) is 0.606. The summed E-state index contributed by atoms with van der Waals surface area (Å²) < 4.78 is 0.916. The average Bonchev–Trinajstić information content (AvgIpc) is 3.25. The van der Waals surface area contributed by atoms with Crippen molar-refractivity contribution >= 4 is 39.3 Å². The number of halogens is 1. The minimum atomic E-state index is -0.277. The minimum absolute atomic E-state index is 0.144. The van der Waals surface area contributed by atoms with E-state index in [1.54, 1.807) is 24.2 Å². The van der Waals surface area contributed by atoms with Crippen LogP contribution in [0.25, 0.3) is 0 Å². The fourth-order valence-electron chi connectivity index (χ4n) is 3.47. The molecule has 1 atom stereocenters. The summed E-state index contributed by atoms with van der Waals surface area (Å²) in [5.74, 6) is -0.144. The molecule has 6 nitrogen and oxygen atoms in total. The van der Waals surface area contributed by atoms with Gasteiger partial charge in [0.1, 0.15) is 0 Å². The van der Waals surface area contributed by atoms with E-state index >= 15 is 0 Å². The molecular formula is C24H21BrN4O2. The normalized spacial score (nSPS) is 15.4. The molecule has 1 unspecified atom stereocenters. The third-order valence-electron chi connectivity index (χ3n) is 5.10. The van der Waals surface area contributed by atoms with Crippen molar-refractivity contribution in [3.8, 4) is 0 Å². The molecule has 0 bridgehead atoms. The fraction of sp³-hybridized carbons (Fsp3) is 0.125. The highest BCUT2D eigenvalue weighted by Crippen LogP contribution is 2.34. The summed E-state index contributed by atoms with van der Waals surface area (Å²) in [6, 6.07) is 24.2. The molecule has 1 aliphatic heterocycles. The molecule has 31 heavy (non-hydrogen) atoms. The Labute approximate surface area is 189 Å². The van der Waals surface area contributed by atoms with Crippen LogP contribution < -0.4 is 10.6 Å². The van der Waals surface area contributed by atoms with Gasteiger partial charge in [-0.15, -0.1) is 0 Å². The van der Waals surface area contributed by atoms with Crippen LogP contribution in [0.1, 0.15) is 33.9 Å². The summed E-state index contributed by atoms with van der Waals surface area (Å²) in [5, 5.41) is 11.5. The predicted octanol–water partition coefficient (Wildman–Crippen LogP) is 5.19. The third kappa shape index (κ3) is 4.67. The molecule has 3 aromatic carbocycles. The first-order chi connectivity index (χ1) is 15.0. The molecule has 1 aliphatic rings. The number of urea groups is 1. The molecule has 1 heterocycles. The van der Waals surface area contributed by atoms with Gasteiger partial charge in [0.25, 0.3) is 5.91 Å². The highest BCUT2D eigenvalue weighted by Gasteiger charge is 2.33. The second kappa shape index (κ2) is 9.14. The molecule has 156 valence electrons. The van der Waals surface area contributed by atoms with Gasteiger partial charge in [0, 0.05) is 29.2 Å². The molecule has 0 saturated heterocycles. The molecule has 0 saturated carbocycles. The molecule has 7 heteroatoms. The number of anilines is 1. The maximum absolute atomic E-state index is 13.3. The van der Waals surface area contributed by atoms with Crippen molar-refractivity contribution in [1.82, 2.24) is 10.3 Å². The quantitative estimate of drug-likeness (QED) is 0.543. The minimum Gasteiger partial charge on any atom is -0.341 e. The van der Waals surface area contributed by atoms with Crippen LogP contribution in [-0.2, 0) is 0 Å². The van der Waals surface area contributed by atoms with Gasteiger partial charge in [0.05, 0.1) is 11.8 Å². The van der Waals surface area contributed by atoms with Gasteiger partial charge in [-0.3, -0.25) is 4.79 Å². The maximum atomic E-state index is 13.3. The van der Waals surface area contributed by atoms with Crippen molar-refractivity contribution in [2.24, 2.45) is 5.10 Å². The van der Waals surface area contributed by atoms with Crippen LogP contribution in [0.3, 0.4) is 0 Å². The average molecular weight is 477 g/mol. The second-order valence-corrected chi connectivity index (χ2v) is 8.03. The van der Waals surface area contributed by atoms with E-state index in [2.05, 4.69) is 26.6 Å². The van der Waals surface area contributed by atoms with Gasteiger partial charge in [0.15, 0.2) is 0 Å². The Bertz CT molecular complexity index is 1110. The van der Waals surface area contributed by atoms with Crippen molar-refractivity contribution in [1.29, 1.82) is 0 Å². The number of rotatable bonds is 4. The summed E-state index contributed by atoms with van der Waals surface area (Å²) in [6.45, 7) is 0. The van der Waals surface area contributed by atoms with Crippen molar-refractivity contribution in [3.05, 3.63) is 100 Å². The number of hydrogen-bond acceptors (Lipinski definition) is 3. The lowest BCUT2D eigenvalue weighted by molar-refractivity contribution is 0.0711. The van der Waals surface area contributed by atoms with Crippen LogP contribution in [-0.4, -0.2) is 29.7 Å². The number of carbonyl (C=O) groups excluding carboxylic acids is 2. The number of carbonyl (C=O) groups is 2. The van der Waals surface area contributed by atoms with Crippen LogP contribution in [0.4, 0.5) is 10.5 Å². The van der Waals surface area contributed by atoms with E-state index in [1.165, 1.54) is 0 Å². The summed E-state index contributed by atoms with van der Waals surface area (Å²) in [4.78, 5) is 24.8. The first-order valence-corrected chi connectivity index (χ1v) is 10.6. The van der Waals surface area contributed by atoms with Crippen LogP contribution in [0.2, 0.25) is 0 Å². The first-order valence-electron chi connectivity index (χ1n) is 9.86. The predicted molar refractivity (Wildman–Crippen MR) is 125 cm³/mol. The lowest BCUT2D eigenvalue weighted by Crippen LogP contribution is -2.27. The van der Waals surface area contributed by atoms with Crippen molar-refractivity contribution in [3.63, 3.8) is 0 Å². The lowest BCUT2D eigenvalue weighted by atomic mass is 9.98. The molecule has 0 radical (unpaired) electrons. The zero-order valence-corrected chi connectivity index (χ0v) is 18.5. The van der Waals surface area contributed by atoms with Gasteiger partial charge in [0.2, 0.25) is 0 Å². The molecule has 0 spiro atoms. The van der Waals surface area contributed by atoms with E-state index in [-0.39, 0.29) is 18.0 Å². The van der Waals surface area contributed by atoms with Crippen LogP contribution in [0.5, 0.6) is 0 Å². The van der Waals surface area contributed by atoms with Crippen molar-refractivity contribution < 1.29 is 9.59 Å². The molecule has 0 fully saturated rings. The SMILES string of the molecule is CNC(=O)Nc1ccc(C2=NN(C(=O)c3ccc(Br)cc3)C(c3ccccc3)C2)cc1. The Balaban J connectivity index is 1.64. The molecule has 4 rings (SSSR count). The van der Waals surface area contributed by atoms with Gasteiger partial charge in [-0.1, -0.05) is 58.4 Å². The molecule has 0 aromatic heterocycles. The standard InChI is InChI=1S/C24H21BrN4O2/c1-26-24(31)27-20-13-9-16(10-14-20)21-15-22(17-5-3-2-4-6-17)29(28-21)23(30)18-7-11-19(25)12-8-18/h2-14,22H,15H2,1H3,(H2,26,27,31). The van der Waals surface area contributed by atoms with E-state index in [1.807, 2.05) is 66.7 Å². The number of benzene rings is 3. The zero-order chi connectivity index (χ0) is 21.8. The smallest absolute Gasteiger partial charge is 0.318 e. The Morgan fingerprint density at radius 3 is 2.29 bits per heavy atom. The highest BCUT2D eigenvalue weighted by molar-refractivity contribution is 9.10. The molecule has 0 aliphatic carbocycles. The van der Waals surface area contributed by atoms with Crippen LogP contribution in [0.15, 0.2) is 88.4 Å². The molecule has 3 aromatic rings. The molecule has 3 amide bonds. The van der Waals surface area contributed by atoms with E-state index in [0.717, 1.165) is 21.3 Å². The fourth-order valence-corrected chi connectivity index (χ4v) is 3.74. The van der Waals surface area contributed by atoms with Gasteiger partial charge in [-0.25, -0.2) is 9.80 Å². The van der Waals surface area contributed by atoms with Crippen LogP contribution in [0, 0.1) is 0 Å². The van der Waals surface area contributed by atoms with Crippen molar-refractivity contribution in [2.75, 3.05) is 12.4 Å². The Morgan fingerprint density at radius 2 is 1.65 bits per heavy atom. The monoisotopic (exact) mass is 476 g/mol. The Kier molecular flexibility index (Phi) is 6.13. The summed E-state index contributed by atoms with van der Waals surface area (Å²) in [5.41, 5.74) is 4.04. The number of amides is 3. The Morgan fingerprint density at radius 1 is 0.968 bits per heavy atom. The van der Waals surface area contributed by atoms with Crippen molar-refractivity contribution in [2.45, 2.75) is 12.5 Å². The lowest BCUT2D eigenvalue weighted by Gasteiger charge is -2.22. The molecular weight excluding hydrogens is 456 g/mol. The maximum Gasteiger partial charge on any atom is 0.318 e. The summed E-state index contributed by atoms with van der Waals surface area (Å²) in [7, 11) is 1.57. The topological polar surface area (TPSA) is 73.8 Å². The van der Waals surface area contributed by atoms with E-state index < -0.39 is 0 Å². The second-order valence-electron chi connectivity index (χ2n) is 7.12. The van der Waals surface area contributed by atoms with Gasteiger partial charge in [-0.2, -0.15) is 5.10 Å². The summed E-state index contributed by atoms with van der Waals surface area (Å²) >= 11 is 3.41. The van der Waals surface area contributed by atoms with E-state index in [4.69, 9.17) is 5.10 Å². The first kappa shape index (κ1) is 20.8. The van der Waals surface area contributed by atoms with Gasteiger partial charge in [-0.05, 0) is 47.5 Å². The van der Waals surface area contributed by atoms with E-state index in [0.29, 0.717) is 17.7 Å². The van der Waals surface area contributed by atoms with Crippen LogP contribution >= 0.6 is 15.9 Å². The number of hydrogen-bond donors (Lipinski definition) is 2.